The second-order valence-corrected chi connectivity index (χ2v) is 9.16. The van der Waals surface area contributed by atoms with Crippen molar-refractivity contribution < 1.29 is 15.0 Å². The summed E-state index contributed by atoms with van der Waals surface area (Å²) >= 11 is 0. The highest BCUT2D eigenvalue weighted by Crippen LogP contribution is 2.65. The SMILES string of the molecule is C[C@]12CCC(O)CC1CC[C@@H]1[C@H]2C(O)C[C@]2(C)C(=O)CC[C@H]12. The number of hydrogen-bond acceptors (Lipinski definition) is 3. The van der Waals surface area contributed by atoms with Gasteiger partial charge in [-0.3, -0.25) is 4.79 Å². The second kappa shape index (κ2) is 4.80. The maximum Gasteiger partial charge on any atom is 0.139 e. The van der Waals surface area contributed by atoms with E-state index >= 15 is 0 Å². The topological polar surface area (TPSA) is 57.5 Å². The Morgan fingerprint density at radius 3 is 2.64 bits per heavy atom. The van der Waals surface area contributed by atoms with Gasteiger partial charge in [-0.05, 0) is 74.0 Å². The van der Waals surface area contributed by atoms with Gasteiger partial charge in [0.25, 0.3) is 0 Å². The lowest BCUT2D eigenvalue weighted by Crippen LogP contribution is -2.59. The molecule has 3 heteroatoms. The van der Waals surface area contributed by atoms with E-state index in [2.05, 4.69) is 13.8 Å². The van der Waals surface area contributed by atoms with Gasteiger partial charge in [0.05, 0.1) is 12.2 Å². The summed E-state index contributed by atoms with van der Waals surface area (Å²) in [7, 11) is 0. The Bertz CT molecular complexity index is 489. The van der Waals surface area contributed by atoms with Crippen molar-refractivity contribution in [1.29, 1.82) is 0 Å². The minimum absolute atomic E-state index is 0.145. The van der Waals surface area contributed by atoms with Crippen LogP contribution in [-0.2, 0) is 4.79 Å². The summed E-state index contributed by atoms with van der Waals surface area (Å²) in [6, 6.07) is 0. The Morgan fingerprint density at radius 1 is 1.09 bits per heavy atom. The number of rotatable bonds is 0. The van der Waals surface area contributed by atoms with Crippen molar-refractivity contribution in [3.63, 3.8) is 0 Å². The number of ketones is 1. The van der Waals surface area contributed by atoms with Gasteiger partial charge in [-0.2, -0.15) is 0 Å². The first kappa shape index (κ1) is 15.1. The Morgan fingerprint density at radius 2 is 1.86 bits per heavy atom. The smallest absolute Gasteiger partial charge is 0.139 e. The molecule has 8 atom stereocenters. The van der Waals surface area contributed by atoms with Gasteiger partial charge in [0.15, 0.2) is 0 Å². The molecule has 3 nitrogen and oxygen atoms in total. The van der Waals surface area contributed by atoms with Crippen LogP contribution in [0.25, 0.3) is 0 Å². The maximum absolute atomic E-state index is 12.4. The van der Waals surface area contributed by atoms with Gasteiger partial charge >= 0.3 is 0 Å². The number of carbonyl (C=O) groups excluding carboxylic acids is 1. The van der Waals surface area contributed by atoms with Crippen LogP contribution in [0.2, 0.25) is 0 Å². The highest BCUT2D eigenvalue weighted by molar-refractivity contribution is 5.87. The highest BCUT2D eigenvalue weighted by Gasteiger charge is 2.63. The van der Waals surface area contributed by atoms with E-state index in [-0.39, 0.29) is 23.0 Å². The Kier molecular flexibility index (Phi) is 3.30. The molecular weight excluding hydrogens is 276 g/mol. The Hall–Kier alpha value is -0.410. The van der Waals surface area contributed by atoms with Gasteiger partial charge in [0.1, 0.15) is 5.78 Å². The van der Waals surface area contributed by atoms with Crippen molar-refractivity contribution in [2.24, 2.45) is 34.5 Å². The van der Waals surface area contributed by atoms with Gasteiger partial charge in [-0.25, -0.2) is 0 Å². The third-order valence-corrected chi connectivity index (χ3v) is 8.28. The molecule has 4 aliphatic rings. The van der Waals surface area contributed by atoms with E-state index in [0.717, 1.165) is 38.5 Å². The van der Waals surface area contributed by atoms with E-state index in [1.54, 1.807) is 0 Å². The molecule has 4 fully saturated rings. The third-order valence-electron chi connectivity index (χ3n) is 8.28. The van der Waals surface area contributed by atoms with Crippen LogP contribution >= 0.6 is 0 Å². The van der Waals surface area contributed by atoms with Crippen molar-refractivity contribution in [3.05, 3.63) is 0 Å². The zero-order chi connectivity index (χ0) is 15.7. The lowest BCUT2D eigenvalue weighted by molar-refractivity contribution is -0.175. The van der Waals surface area contributed by atoms with Crippen LogP contribution in [0, 0.1) is 34.5 Å². The third kappa shape index (κ3) is 1.84. The summed E-state index contributed by atoms with van der Waals surface area (Å²) in [5.74, 6) is 2.27. The molecule has 0 bridgehead atoms. The number of aliphatic hydroxyl groups is 2. The zero-order valence-electron chi connectivity index (χ0n) is 13.9. The van der Waals surface area contributed by atoms with Crippen molar-refractivity contribution in [1.82, 2.24) is 0 Å². The molecule has 0 aromatic heterocycles. The van der Waals surface area contributed by atoms with Gasteiger partial charge in [0.2, 0.25) is 0 Å². The minimum Gasteiger partial charge on any atom is -0.393 e. The molecule has 0 aliphatic heterocycles. The largest absolute Gasteiger partial charge is 0.393 e. The summed E-state index contributed by atoms with van der Waals surface area (Å²) in [6.07, 6.45) is 7.08. The van der Waals surface area contributed by atoms with Crippen LogP contribution < -0.4 is 0 Å². The fraction of sp³-hybridized carbons (Fsp3) is 0.947. The van der Waals surface area contributed by atoms with E-state index in [1.165, 1.54) is 6.42 Å². The van der Waals surface area contributed by atoms with Gasteiger partial charge in [-0.1, -0.05) is 13.8 Å². The van der Waals surface area contributed by atoms with Crippen LogP contribution in [0.15, 0.2) is 0 Å². The van der Waals surface area contributed by atoms with E-state index in [0.29, 0.717) is 35.9 Å². The standard InChI is InChI=1S/C19H30O3/c1-18-8-7-12(20)9-11(18)3-4-13-14-5-6-16(22)19(14,2)10-15(21)17(13)18/h11-15,17,20-21H,3-10H2,1-2H3/t11?,12?,13-,14+,15?,17-,18-,19-/m0/s1. The van der Waals surface area contributed by atoms with Crippen LogP contribution in [0.1, 0.15) is 65.2 Å². The average molecular weight is 306 g/mol. The van der Waals surface area contributed by atoms with Crippen LogP contribution in [0.4, 0.5) is 0 Å². The van der Waals surface area contributed by atoms with Gasteiger partial charge in [0, 0.05) is 11.8 Å². The minimum atomic E-state index is -0.337. The molecule has 4 saturated carbocycles. The highest BCUT2D eigenvalue weighted by atomic mass is 16.3. The fourth-order valence-electron chi connectivity index (χ4n) is 7.13. The predicted octanol–water partition coefficient (Wildman–Crippen LogP) is 2.93. The maximum atomic E-state index is 12.4. The first-order valence-corrected chi connectivity index (χ1v) is 9.25. The molecule has 2 N–H and O–H groups in total. The zero-order valence-corrected chi connectivity index (χ0v) is 13.9. The molecule has 0 amide bonds. The quantitative estimate of drug-likeness (QED) is 0.723. The number of aliphatic hydroxyl groups excluding tert-OH is 2. The van der Waals surface area contributed by atoms with Crippen LogP contribution in [-0.4, -0.2) is 28.2 Å². The molecular formula is C19H30O3. The second-order valence-electron chi connectivity index (χ2n) is 9.16. The molecule has 0 saturated heterocycles. The van der Waals surface area contributed by atoms with Crippen molar-refractivity contribution in [2.45, 2.75) is 77.4 Å². The molecule has 124 valence electrons. The van der Waals surface area contributed by atoms with Crippen molar-refractivity contribution in [2.75, 3.05) is 0 Å². The summed E-state index contributed by atoms with van der Waals surface area (Å²) in [6.45, 7) is 4.48. The molecule has 0 heterocycles. The first-order chi connectivity index (χ1) is 10.4. The van der Waals surface area contributed by atoms with Gasteiger partial charge < -0.3 is 10.2 Å². The molecule has 4 aliphatic carbocycles. The Labute approximate surface area is 133 Å². The molecule has 0 aromatic rings. The number of fused-ring (bicyclic) bond motifs is 5. The number of hydrogen-bond donors (Lipinski definition) is 2. The number of Topliss-reactive ketones (excluding diaryl/α,β-unsaturated/α-hetero) is 1. The normalized spacial score (nSPS) is 57.9. The van der Waals surface area contributed by atoms with E-state index in [4.69, 9.17) is 0 Å². The van der Waals surface area contributed by atoms with Crippen molar-refractivity contribution in [3.8, 4) is 0 Å². The van der Waals surface area contributed by atoms with E-state index in [1.807, 2.05) is 0 Å². The monoisotopic (exact) mass is 306 g/mol. The van der Waals surface area contributed by atoms with Crippen LogP contribution in [0.5, 0.6) is 0 Å². The lowest BCUT2D eigenvalue weighted by atomic mass is 9.44. The van der Waals surface area contributed by atoms with E-state index in [9.17, 15) is 15.0 Å². The predicted molar refractivity (Wildman–Crippen MR) is 84.1 cm³/mol. The summed E-state index contributed by atoms with van der Waals surface area (Å²) in [4.78, 5) is 12.4. The fourth-order valence-corrected chi connectivity index (χ4v) is 7.13. The summed E-state index contributed by atoms with van der Waals surface area (Å²) < 4.78 is 0. The molecule has 0 radical (unpaired) electrons. The van der Waals surface area contributed by atoms with Crippen molar-refractivity contribution >= 4 is 5.78 Å². The molecule has 0 aromatic carbocycles. The van der Waals surface area contributed by atoms with E-state index < -0.39 is 0 Å². The summed E-state index contributed by atoms with van der Waals surface area (Å²) in [5.41, 5.74) is -0.105. The number of carbonyl (C=O) groups is 1. The van der Waals surface area contributed by atoms with Crippen LogP contribution in [0.3, 0.4) is 0 Å². The lowest BCUT2D eigenvalue weighted by Gasteiger charge is -2.61. The molecule has 0 spiro atoms. The van der Waals surface area contributed by atoms with Gasteiger partial charge in [-0.15, -0.1) is 0 Å². The first-order valence-electron chi connectivity index (χ1n) is 9.25. The molecule has 22 heavy (non-hydrogen) atoms. The molecule has 4 rings (SSSR count). The summed E-state index contributed by atoms with van der Waals surface area (Å²) in [5, 5.41) is 21.0. The average Bonchev–Trinajstić information content (AvgIpc) is 2.75. The Balaban J connectivity index is 1.69. The molecule has 3 unspecified atom stereocenters.